The first-order chi connectivity index (χ1) is 12.2. The molecule has 6 nitrogen and oxygen atoms in total. The number of nitrogens with zero attached hydrogens (tertiary/aromatic N) is 2. The Kier molecular flexibility index (Phi) is 5.65. The summed E-state index contributed by atoms with van der Waals surface area (Å²) in [5.41, 5.74) is 1.73. The lowest BCUT2D eigenvalue weighted by Gasteiger charge is -2.26. The molecule has 2 amide bonds. The lowest BCUT2D eigenvalue weighted by molar-refractivity contribution is 0.217. The molecular formula is C18H21N3O3S. The van der Waals surface area contributed by atoms with Crippen LogP contribution in [0, 0.1) is 6.92 Å². The van der Waals surface area contributed by atoms with Gasteiger partial charge in [0.15, 0.2) is 11.5 Å². The molecule has 1 aromatic heterocycles. The predicted octanol–water partition coefficient (Wildman–Crippen LogP) is 3.77. The summed E-state index contributed by atoms with van der Waals surface area (Å²) in [4.78, 5) is 18.3. The van der Waals surface area contributed by atoms with Crippen molar-refractivity contribution >= 4 is 23.5 Å². The number of benzene rings is 1. The van der Waals surface area contributed by atoms with Crippen LogP contribution in [0.3, 0.4) is 0 Å². The first kappa shape index (κ1) is 17.4. The number of pyridine rings is 1. The van der Waals surface area contributed by atoms with Gasteiger partial charge in [-0.05, 0) is 30.7 Å². The fraction of sp³-hybridized carbons (Fsp3) is 0.333. The molecule has 1 aliphatic heterocycles. The Labute approximate surface area is 151 Å². The summed E-state index contributed by atoms with van der Waals surface area (Å²) in [6, 6.07) is 9.11. The summed E-state index contributed by atoms with van der Waals surface area (Å²) in [7, 11) is 1.60. The topological polar surface area (TPSA) is 63.7 Å². The number of methoxy groups -OCH3 is 1. The highest BCUT2D eigenvalue weighted by molar-refractivity contribution is 7.99. The van der Waals surface area contributed by atoms with Crippen molar-refractivity contribution in [3.05, 3.63) is 42.1 Å². The lowest BCUT2D eigenvalue weighted by atomic mass is 10.2. The maximum Gasteiger partial charge on any atom is 0.321 e. The molecule has 0 saturated carbocycles. The molecule has 1 N–H and O–H groups in total. The third kappa shape index (κ3) is 4.57. The number of urea groups is 1. The molecule has 2 aromatic rings. The van der Waals surface area contributed by atoms with Crippen LogP contribution < -0.4 is 14.8 Å². The summed E-state index contributed by atoms with van der Waals surface area (Å²) < 4.78 is 11.1. The van der Waals surface area contributed by atoms with Crippen LogP contribution >= 0.6 is 11.8 Å². The molecule has 0 spiro atoms. The molecule has 0 atom stereocenters. The molecule has 0 bridgehead atoms. The zero-order chi connectivity index (χ0) is 17.6. The third-order valence-corrected chi connectivity index (χ3v) is 4.76. The van der Waals surface area contributed by atoms with Gasteiger partial charge in [0.2, 0.25) is 5.88 Å². The molecule has 1 aliphatic rings. The molecule has 1 aromatic carbocycles. The average molecular weight is 359 g/mol. The van der Waals surface area contributed by atoms with Gasteiger partial charge in [-0.1, -0.05) is 6.07 Å². The van der Waals surface area contributed by atoms with E-state index in [2.05, 4.69) is 10.3 Å². The van der Waals surface area contributed by atoms with E-state index in [0.717, 1.165) is 30.2 Å². The molecule has 0 radical (unpaired) electrons. The maximum absolute atomic E-state index is 12.2. The molecule has 2 heterocycles. The van der Waals surface area contributed by atoms with E-state index < -0.39 is 0 Å². The Balaban J connectivity index is 1.63. The van der Waals surface area contributed by atoms with Crippen molar-refractivity contribution in [1.82, 2.24) is 9.88 Å². The second-order valence-corrected chi connectivity index (χ2v) is 6.90. The Morgan fingerprint density at radius 3 is 2.68 bits per heavy atom. The van der Waals surface area contributed by atoms with Crippen LogP contribution in [0.4, 0.5) is 10.5 Å². The van der Waals surface area contributed by atoms with Gasteiger partial charge in [0.1, 0.15) is 0 Å². The molecule has 1 fully saturated rings. The fourth-order valence-corrected chi connectivity index (χ4v) is 3.36. The number of nitrogens with one attached hydrogen (secondary N) is 1. The Bertz CT molecular complexity index is 731. The normalized spacial score (nSPS) is 14.1. The van der Waals surface area contributed by atoms with Gasteiger partial charge in [-0.2, -0.15) is 11.8 Å². The number of amides is 2. The fourth-order valence-electron chi connectivity index (χ4n) is 2.46. The van der Waals surface area contributed by atoms with Crippen molar-refractivity contribution in [2.24, 2.45) is 0 Å². The van der Waals surface area contributed by atoms with Crippen LogP contribution in [0.2, 0.25) is 0 Å². The van der Waals surface area contributed by atoms with E-state index in [0.29, 0.717) is 23.1 Å². The Morgan fingerprint density at radius 2 is 2.00 bits per heavy atom. The van der Waals surface area contributed by atoms with E-state index in [1.807, 2.05) is 41.8 Å². The molecule has 132 valence electrons. The number of ether oxygens (including phenoxy) is 2. The van der Waals surface area contributed by atoms with Gasteiger partial charge in [-0.3, -0.25) is 0 Å². The number of hydrogen-bond donors (Lipinski definition) is 1. The summed E-state index contributed by atoms with van der Waals surface area (Å²) >= 11 is 1.87. The monoisotopic (exact) mass is 359 g/mol. The number of aryl methyl sites for hydroxylation is 1. The first-order valence-electron chi connectivity index (χ1n) is 8.08. The summed E-state index contributed by atoms with van der Waals surface area (Å²) in [6.07, 6.45) is 1.59. The van der Waals surface area contributed by atoms with Crippen molar-refractivity contribution < 1.29 is 14.3 Å². The molecule has 1 saturated heterocycles. The van der Waals surface area contributed by atoms with Crippen molar-refractivity contribution in [2.45, 2.75) is 6.92 Å². The maximum atomic E-state index is 12.2. The summed E-state index contributed by atoms with van der Waals surface area (Å²) in [5, 5.41) is 2.87. The number of aromatic nitrogens is 1. The molecule has 3 rings (SSSR count). The zero-order valence-electron chi connectivity index (χ0n) is 14.3. The van der Waals surface area contributed by atoms with Gasteiger partial charge in [-0.25, -0.2) is 9.78 Å². The summed E-state index contributed by atoms with van der Waals surface area (Å²) in [5.74, 6) is 3.66. The van der Waals surface area contributed by atoms with Crippen molar-refractivity contribution in [2.75, 3.05) is 37.0 Å². The zero-order valence-corrected chi connectivity index (χ0v) is 15.1. The highest BCUT2D eigenvalue weighted by Gasteiger charge is 2.16. The van der Waals surface area contributed by atoms with Gasteiger partial charge in [0.25, 0.3) is 0 Å². The largest absolute Gasteiger partial charge is 0.493 e. The first-order valence-corrected chi connectivity index (χ1v) is 9.23. The molecule has 25 heavy (non-hydrogen) atoms. The lowest BCUT2D eigenvalue weighted by Crippen LogP contribution is -2.40. The predicted molar refractivity (Wildman–Crippen MR) is 100.0 cm³/mol. The van der Waals surface area contributed by atoms with Gasteiger partial charge < -0.3 is 19.7 Å². The van der Waals surface area contributed by atoms with Crippen LogP contribution in [0.15, 0.2) is 36.5 Å². The van der Waals surface area contributed by atoms with E-state index in [4.69, 9.17) is 9.47 Å². The quantitative estimate of drug-likeness (QED) is 0.900. The molecule has 0 unspecified atom stereocenters. The number of hydrogen-bond acceptors (Lipinski definition) is 5. The van der Waals surface area contributed by atoms with Crippen LogP contribution in [-0.4, -0.2) is 47.6 Å². The van der Waals surface area contributed by atoms with Crippen molar-refractivity contribution in [1.29, 1.82) is 0 Å². The van der Waals surface area contributed by atoms with E-state index in [9.17, 15) is 4.79 Å². The standard InChI is InChI=1S/C18H21N3O3S/c1-13-3-5-15(16(11-13)23-2)24-17-6-4-14(12-19-17)20-18(22)21-7-9-25-10-8-21/h3-6,11-12H,7-10H2,1-2H3,(H,20,22). The van der Waals surface area contributed by atoms with Crippen molar-refractivity contribution in [3.8, 4) is 17.4 Å². The Morgan fingerprint density at radius 1 is 1.20 bits per heavy atom. The van der Waals surface area contributed by atoms with Gasteiger partial charge >= 0.3 is 6.03 Å². The van der Waals surface area contributed by atoms with Crippen LogP contribution in [0.5, 0.6) is 17.4 Å². The molecule has 7 heteroatoms. The van der Waals surface area contributed by atoms with Crippen LogP contribution in [0.1, 0.15) is 5.56 Å². The summed E-state index contributed by atoms with van der Waals surface area (Å²) in [6.45, 7) is 3.54. The molecular weight excluding hydrogens is 338 g/mol. The molecule has 0 aliphatic carbocycles. The number of carbonyl (C=O) groups is 1. The van der Waals surface area contributed by atoms with E-state index in [1.54, 1.807) is 25.4 Å². The van der Waals surface area contributed by atoms with Gasteiger partial charge in [0.05, 0.1) is 19.0 Å². The van der Waals surface area contributed by atoms with Crippen LogP contribution in [-0.2, 0) is 0 Å². The number of carbonyl (C=O) groups excluding carboxylic acids is 1. The minimum Gasteiger partial charge on any atom is -0.493 e. The van der Waals surface area contributed by atoms with Gasteiger partial charge in [-0.15, -0.1) is 0 Å². The number of rotatable bonds is 4. The SMILES string of the molecule is COc1cc(C)ccc1Oc1ccc(NC(=O)N2CCSCC2)cn1. The second-order valence-electron chi connectivity index (χ2n) is 5.67. The highest BCUT2D eigenvalue weighted by atomic mass is 32.2. The smallest absolute Gasteiger partial charge is 0.321 e. The second kappa shape index (κ2) is 8.11. The number of anilines is 1. The highest BCUT2D eigenvalue weighted by Crippen LogP contribution is 2.31. The Hall–Kier alpha value is -2.41. The number of thioether (sulfide) groups is 1. The average Bonchev–Trinajstić information content (AvgIpc) is 2.65. The minimum atomic E-state index is -0.0871. The third-order valence-electron chi connectivity index (χ3n) is 3.82. The van der Waals surface area contributed by atoms with Crippen molar-refractivity contribution in [3.63, 3.8) is 0 Å². The van der Waals surface area contributed by atoms with Gasteiger partial charge in [0, 0.05) is 30.7 Å². The van der Waals surface area contributed by atoms with Crippen LogP contribution in [0.25, 0.3) is 0 Å². The van der Waals surface area contributed by atoms with E-state index in [-0.39, 0.29) is 6.03 Å². The van der Waals surface area contributed by atoms with E-state index >= 15 is 0 Å². The van der Waals surface area contributed by atoms with E-state index in [1.165, 1.54) is 0 Å². The minimum absolute atomic E-state index is 0.0871.